The highest BCUT2D eigenvalue weighted by atomic mass is 32.1. The molecule has 8 heteroatoms. The summed E-state index contributed by atoms with van der Waals surface area (Å²) in [5.41, 5.74) is 6.23. The normalized spacial score (nSPS) is 11.4. The van der Waals surface area contributed by atoms with Crippen LogP contribution in [0.1, 0.15) is 17.0 Å². The van der Waals surface area contributed by atoms with Crippen LogP contribution in [0.2, 0.25) is 0 Å². The minimum atomic E-state index is 0.336. The number of methoxy groups -OCH3 is 1. The second-order valence-corrected chi connectivity index (χ2v) is 9.21. The van der Waals surface area contributed by atoms with Crippen LogP contribution in [0.15, 0.2) is 70.6 Å². The van der Waals surface area contributed by atoms with Gasteiger partial charge in [0.05, 0.1) is 30.1 Å². The zero-order valence-corrected chi connectivity index (χ0v) is 20.3. The molecule has 4 aromatic heterocycles. The number of rotatable bonds is 6. The molecule has 6 aromatic rings. The van der Waals surface area contributed by atoms with Gasteiger partial charge in [0.1, 0.15) is 34.4 Å². The molecule has 0 atom stereocenters. The van der Waals surface area contributed by atoms with E-state index in [0.717, 1.165) is 33.0 Å². The number of aryl methyl sites for hydroxylation is 2. The lowest BCUT2D eigenvalue weighted by molar-refractivity contribution is 0.303. The summed E-state index contributed by atoms with van der Waals surface area (Å²) in [7, 11) is 1.62. The van der Waals surface area contributed by atoms with E-state index in [9.17, 15) is 0 Å². The number of hydrogen-bond donors (Lipinski definition) is 0. The zero-order chi connectivity index (χ0) is 23.9. The van der Waals surface area contributed by atoms with Crippen molar-refractivity contribution in [3.05, 3.63) is 83.1 Å². The molecule has 0 amide bonds. The van der Waals surface area contributed by atoms with Crippen molar-refractivity contribution in [1.29, 1.82) is 0 Å². The third-order valence-electron chi connectivity index (χ3n) is 5.74. The molecule has 35 heavy (non-hydrogen) atoms. The third-order valence-corrected chi connectivity index (χ3v) is 6.68. The van der Waals surface area contributed by atoms with Crippen molar-refractivity contribution in [1.82, 2.24) is 19.6 Å². The van der Waals surface area contributed by atoms with Gasteiger partial charge in [0.15, 0.2) is 11.4 Å². The van der Waals surface area contributed by atoms with Crippen LogP contribution in [0.3, 0.4) is 0 Å². The van der Waals surface area contributed by atoms with E-state index in [1.807, 2.05) is 48.8 Å². The Labute approximate surface area is 205 Å². The summed E-state index contributed by atoms with van der Waals surface area (Å²) >= 11 is 1.61. The molecular weight excluding hydrogens is 460 g/mol. The Morgan fingerprint density at radius 3 is 2.69 bits per heavy atom. The average Bonchev–Trinajstić information content (AvgIpc) is 3.60. The van der Waals surface area contributed by atoms with E-state index < -0.39 is 0 Å². The Morgan fingerprint density at radius 1 is 1.00 bits per heavy atom. The lowest BCUT2D eigenvalue weighted by Gasteiger charge is -2.08. The van der Waals surface area contributed by atoms with Crippen LogP contribution in [-0.4, -0.2) is 26.7 Å². The monoisotopic (exact) mass is 482 g/mol. The number of fused-ring (bicyclic) bond motifs is 2. The number of nitrogens with zero attached hydrogens (tertiary/aromatic N) is 4. The summed E-state index contributed by atoms with van der Waals surface area (Å²) in [4.78, 5) is 9.40. The van der Waals surface area contributed by atoms with Crippen molar-refractivity contribution < 1.29 is 13.9 Å². The molecule has 0 spiro atoms. The van der Waals surface area contributed by atoms with E-state index in [4.69, 9.17) is 18.9 Å². The third kappa shape index (κ3) is 4.13. The lowest BCUT2D eigenvalue weighted by atomic mass is 10.2. The van der Waals surface area contributed by atoms with Crippen LogP contribution in [0.5, 0.6) is 11.5 Å². The summed E-state index contributed by atoms with van der Waals surface area (Å²) in [5.74, 6) is 1.95. The minimum absolute atomic E-state index is 0.336. The molecule has 0 saturated carbocycles. The van der Waals surface area contributed by atoms with Crippen molar-refractivity contribution >= 4 is 28.0 Å². The number of ether oxygens (including phenoxy) is 2. The highest BCUT2D eigenvalue weighted by Crippen LogP contribution is 2.37. The number of thiazole rings is 1. The Balaban J connectivity index is 1.30. The minimum Gasteiger partial charge on any atom is -0.496 e. The fourth-order valence-electron chi connectivity index (χ4n) is 3.90. The molecule has 0 aliphatic carbocycles. The standard InChI is InChI=1S/C27H22N4O3S/c1-16-4-7-18(8-5-16)27-28-19(15-35-27)14-33-23-10-20(32-3)11-24-21(23)12-25(34-24)22-13-31-26(29-22)9-6-17(2)30-31/h4-13,15H,14H2,1-3H3. The first-order valence-corrected chi connectivity index (χ1v) is 12.0. The van der Waals surface area contributed by atoms with Crippen molar-refractivity contribution in [2.75, 3.05) is 7.11 Å². The SMILES string of the molecule is COc1cc(OCc2csc(-c3ccc(C)cc3)n2)c2cc(-c3cn4nc(C)ccc4n3)oc2c1. The average molecular weight is 483 g/mol. The van der Waals surface area contributed by atoms with Gasteiger partial charge >= 0.3 is 0 Å². The van der Waals surface area contributed by atoms with Gasteiger partial charge in [0.25, 0.3) is 0 Å². The molecule has 2 aromatic carbocycles. The molecule has 0 N–H and O–H groups in total. The molecule has 0 aliphatic heterocycles. The fourth-order valence-corrected chi connectivity index (χ4v) is 4.71. The summed E-state index contributed by atoms with van der Waals surface area (Å²) in [6, 6.07) is 17.9. The van der Waals surface area contributed by atoms with Gasteiger partial charge in [-0.05, 0) is 32.0 Å². The van der Waals surface area contributed by atoms with Crippen molar-refractivity contribution in [2.24, 2.45) is 0 Å². The van der Waals surface area contributed by atoms with E-state index in [0.29, 0.717) is 35.1 Å². The largest absolute Gasteiger partial charge is 0.496 e. The zero-order valence-electron chi connectivity index (χ0n) is 19.5. The van der Waals surface area contributed by atoms with Crippen molar-refractivity contribution in [3.8, 4) is 33.5 Å². The quantitative estimate of drug-likeness (QED) is 0.271. The van der Waals surface area contributed by atoms with Gasteiger partial charge in [0.2, 0.25) is 0 Å². The van der Waals surface area contributed by atoms with Crippen LogP contribution in [-0.2, 0) is 6.61 Å². The molecule has 0 unspecified atom stereocenters. The highest BCUT2D eigenvalue weighted by molar-refractivity contribution is 7.13. The molecule has 0 radical (unpaired) electrons. The van der Waals surface area contributed by atoms with Gasteiger partial charge in [-0.3, -0.25) is 0 Å². The predicted molar refractivity (Wildman–Crippen MR) is 136 cm³/mol. The number of hydrogen-bond acceptors (Lipinski definition) is 7. The summed E-state index contributed by atoms with van der Waals surface area (Å²) in [6.07, 6.45) is 1.86. The number of benzene rings is 2. The maximum atomic E-state index is 6.21. The molecule has 0 aliphatic rings. The highest BCUT2D eigenvalue weighted by Gasteiger charge is 2.16. The van der Waals surface area contributed by atoms with Gasteiger partial charge < -0.3 is 13.9 Å². The molecule has 174 valence electrons. The Kier molecular flexibility index (Phi) is 5.22. The lowest BCUT2D eigenvalue weighted by Crippen LogP contribution is -1.97. The maximum Gasteiger partial charge on any atom is 0.155 e. The Morgan fingerprint density at radius 2 is 1.86 bits per heavy atom. The van der Waals surface area contributed by atoms with Gasteiger partial charge in [0, 0.05) is 23.1 Å². The smallest absolute Gasteiger partial charge is 0.155 e. The molecule has 4 heterocycles. The van der Waals surface area contributed by atoms with Crippen molar-refractivity contribution in [3.63, 3.8) is 0 Å². The van der Waals surface area contributed by atoms with Gasteiger partial charge in [-0.25, -0.2) is 14.5 Å². The van der Waals surface area contributed by atoms with E-state index >= 15 is 0 Å². The second-order valence-electron chi connectivity index (χ2n) is 8.35. The molecule has 0 fully saturated rings. The molecule has 7 nitrogen and oxygen atoms in total. The first-order chi connectivity index (χ1) is 17.1. The topological polar surface area (TPSA) is 74.7 Å². The maximum absolute atomic E-state index is 6.21. The Bertz CT molecular complexity index is 1660. The van der Waals surface area contributed by atoms with Gasteiger partial charge in [-0.2, -0.15) is 5.10 Å². The first kappa shape index (κ1) is 21.4. The van der Waals surface area contributed by atoms with Crippen molar-refractivity contribution in [2.45, 2.75) is 20.5 Å². The van der Waals surface area contributed by atoms with Crippen LogP contribution >= 0.6 is 11.3 Å². The molecule has 6 rings (SSSR count). The second kappa shape index (κ2) is 8.56. The van der Waals surface area contributed by atoms with Crippen LogP contribution < -0.4 is 9.47 Å². The fraction of sp³-hybridized carbons (Fsp3) is 0.148. The van der Waals surface area contributed by atoms with Crippen LogP contribution in [0.4, 0.5) is 0 Å². The van der Waals surface area contributed by atoms with E-state index in [2.05, 4.69) is 41.3 Å². The molecular formula is C27H22N4O3S. The van der Waals surface area contributed by atoms with Gasteiger partial charge in [-0.15, -0.1) is 11.3 Å². The number of aromatic nitrogens is 4. The molecule has 0 bridgehead atoms. The number of furan rings is 1. The van der Waals surface area contributed by atoms with E-state index in [1.165, 1.54) is 5.56 Å². The van der Waals surface area contributed by atoms with E-state index in [-0.39, 0.29) is 0 Å². The Hall–Kier alpha value is -4.17. The number of imidazole rings is 1. The first-order valence-electron chi connectivity index (χ1n) is 11.1. The summed E-state index contributed by atoms with van der Waals surface area (Å²) in [6.45, 7) is 4.36. The predicted octanol–water partition coefficient (Wildman–Crippen LogP) is 6.47. The van der Waals surface area contributed by atoms with Gasteiger partial charge in [-0.1, -0.05) is 29.8 Å². The van der Waals surface area contributed by atoms with Crippen LogP contribution in [0.25, 0.3) is 38.6 Å². The molecule has 0 saturated heterocycles. The van der Waals surface area contributed by atoms with Crippen LogP contribution in [0, 0.1) is 13.8 Å². The van der Waals surface area contributed by atoms with E-state index in [1.54, 1.807) is 23.0 Å². The summed E-state index contributed by atoms with van der Waals surface area (Å²) < 4.78 is 19.6. The summed E-state index contributed by atoms with van der Waals surface area (Å²) in [5, 5.41) is 8.32.